The zero-order valence-corrected chi connectivity index (χ0v) is 23.9. The highest BCUT2D eigenvalue weighted by molar-refractivity contribution is 6.31. The van der Waals surface area contributed by atoms with E-state index >= 15 is 8.78 Å². The van der Waals surface area contributed by atoms with Crippen molar-refractivity contribution in [2.45, 2.75) is 50.1 Å². The van der Waals surface area contributed by atoms with Gasteiger partial charge >= 0.3 is 6.01 Å². The van der Waals surface area contributed by atoms with Crippen LogP contribution in [-0.2, 0) is 6.42 Å². The molecule has 8 rings (SSSR count). The van der Waals surface area contributed by atoms with E-state index in [0.29, 0.717) is 35.3 Å². The first-order valence-electron chi connectivity index (χ1n) is 14.8. The first-order chi connectivity index (χ1) is 20.4. The van der Waals surface area contributed by atoms with Gasteiger partial charge in [-0.15, -0.1) is 0 Å². The van der Waals surface area contributed by atoms with E-state index in [4.69, 9.17) is 26.3 Å². The number of aryl methyl sites for hydroxylation is 1. The molecule has 4 aliphatic heterocycles. The molecule has 4 aromatic rings. The number of phenolic OH excluding ortho intramolecular Hbond substituents is 1. The van der Waals surface area contributed by atoms with Crippen molar-refractivity contribution in [2.75, 3.05) is 44.2 Å². The van der Waals surface area contributed by atoms with Crippen molar-refractivity contribution in [1.82, 2.24) is 25.2 Å². The molecule has 2 N–H and O–H groups in total. The minimum absolute atomic E-state index is 0.0194. The van der Waals surface area contributed by atoms with Gasteiger partial charge in [-0.05, 0) is 75.2 Å². The summed E-state index contributed by atoms with van der Waals surface area (Å²) in [6.45, 7) is 4.88. The number of anilines is 1. The van der Waals surface area contributed by atoms with Gasteiger partial charge in [0.2, 0.25) is 0 Å². The molecule has 2 aromatic carbocycles. The first kappa shape index (κ1) is 26.3. The Labute approximate surface area is 246 Å². The van der Waals surface area contributed by atoms with Crippen molar-refractivity contribution < 1.29 is 18.6 Å². The van der Waals surface area contributed by atoms with E-state index in [9.17, 15) is 5.11 Å². The molecule has 0 bridgehead atoms. The normalized spacial score (nSPS) is 21.5. The monoisotopic (exact) mass is 592 g/mol. The summed E-state index contributed by atoms with van der Waals surface area (Å²) in [4.78, 5) is 19.1. The van der Waals surface area contributed by atoms with Crippen LogP contribution in [0.25, 0.3) is 32.9 Å². The summed E-state index contributed by atoms with van der Waals surface area (Å²) in [5, 5.41) is 15.0. The molecular weight excluding hydrogens is 562 g/mol. The van der Waals surface area contributed by atoms with Gasteiger partial charge in [0, 0.05) is 36.6 Å². The van der Waals surface area contributed by atoms with E-state index in [2.05, 4.69) is 20.1 Å². The van der Waals surface area contributed by atoms with Crippen LogP contribution in [0.5, 0.6) is 11.8 Å². The van der Waals surface area contributed by atoms with Gasteiger partial charge in [0.25, 0.3) is 0 Å². The van der Waals surface area contributed by atoms with Gasteiger partial charge < -0.3 is 20.1 Å². The van der Waals surface area contributed by atoms with Crippen molar-refractivity contribution in [2.24, 2.45) is 0 Å². The highest BCUT2D eigenvalue weighted by Crippen LogP contribution is 2.43. The summed E-state index contributed by atoms with van der Waals surface area (Å²) < 4.78 is 38.6. The second-order valence-electron chi connectivity index (χ2n) is 12.0. The van der Waals surface area contributed by atoms with Crippen LogP contribution in [0.15, 0.2) is 24.3 Å². The minimum Gasteiger partial charge on any atom is -0.508 e. The van der Waals surface area contributed by atoms with Crippen LogP contribution < -0.4 is 15.0 Å². The van der Waals surface area contributed by atoms with Crippen LogP contribution in [0.4, 0.5) is 14.6 Å². The number of hydrogen-bond acceptors (Lipinski definition) is 8. The van der Waals surface area contributed by atoms with Crippen LogP contribution in [0.2, 0.25) is 5.02 Å². The van der Waals surface area contributed by atoms with Crippen molar-refractivity contribution >= 4 is 39.1 Å². The molecule has 4 aliphatic rings. The Hall–Kier alpha value is -3.34. The highest BCUT2D eigenvalue weighted by Gasteiger charge is 2.45. The van der Waals surface area contributed by atoms with E-state index in [1.54, 1.807) is 6.07 Å². The van der Waals surface area contributed by atoms with Crippen molar-refractivity contribution in [3.8, 4) is 23.0 Å². The molecule has 2 aromatic heterocycles. The largest absolute Gasteiger partial charge is 0.508 e. The number of nitrogens with zero attached hydrogens (tertiary/aromatic N) is 5. The van der Waals surface area contributed by atoms with Crippen molar-refractivity contribution in [3.05, 3.63) is 46.6 Å². The number of ether oxygens (including phenoxy) is 1. The average molecular weight is 593 g/mol. The van der Waals surface area contributed by atoms with Gasteiger partial charge in [0.1, 0.15) is 35.2 Å². The Morgan fingerprint density at radius 2 is 1.88 bits per heavy atom. The van der Waals surface area contributed by atoms with E-state index in [-0.39, 0.29) is 50.5 Å². The Bertz CT molecular complexity index is 1740. The van der Waals surface area contributed by atoms with Gasteiger partial charge in [-0.2, -0.15) is 9.97 Å². The zero-order chi connectivity index (χ0) is 28.6. The van der Waals surface area contributed by atoms with Crippen molar-refractivity contribution in [1.29, 1.82) is 0 Å². The Morgan fingerprint density at radius 1 is 1.05 bits per heavy atom. The highest BCUT2D eigenvalue weighted by atomic mass is 35.5. The number of phenols is 1. The number of hydrogen-bond donors (Lipinski definition) is 2. The van der Waals surface area contributed by atoms with E-state index < -0.39 is 11.6 Å². The molecule has 11 heteroatoms. The summed E-state index contributed by atoms with van der Waals surface area (Å²) in [5.41, 5.74) is 0.768. The van der Waals surface area contributed by atoms with Gasteiger partial charge in [0.15, 0.2) is 5.82 Å². The molecule has 0 radical (unpaired) electrons. The molecule has 8 nitrogen and oxygen atoms in total. The maximum atomic E-state index is 16.8. The molecular formula is C31H31ClF2N6O2. The second-order valence-corrected chi connectivity index (χ2v) is 12.4. The second kappa shape index (κ2) is 9.86. The molecule has 0 aliphatic carbocycles. The number of piperazine rings is 1. The number of benzene rings is 2. The topological polar surface area (TPSA) is 86.6 Å². The number of halogens is 3. The molecule has 0 amide bonds. The molecule has 0 spiro atoms. The third-order valence-electron chi connectivity index (χ3n) is 9.69. The lowest BCUT2D eigenvalue weighted by Crippen LogP contribution is -2.51. The standard InChI is InChI=1S/C31H31ClF2N6O2/c32-21-5-3-17-13-19(41)14-20(23(17)25(21)33)27-26(34)28-24-22(36-27)6-4-18-15-35-9-12-40(18)29(24)38-30(37-28)42-16-31-7-1-10-39(31)11-2-8-31/h3,5,13-14,18,35,41H,1-2,4,6-12,15-16H2/t18-/m1/s1. The number of pyridine rings is 1. The van der Waals surface area contributed by atoms with Crippen molar-refractivity contribution in [3.63, 3.8) is 0 Å². The van der Waals surface area contributed by atoms with E-state index in [1.165, 1.54) is 18.2 Å². The molecule has 0 unspecified atom stereocenters. The number of aromatic nitrogens is 3. The lowest BCUT2D eigenvalue weighted by atomic mass is 9.95. The van der Waals surface area contributed by atoms with Gasteiger partial charge in [-0.3, -0.25) is 4.90 Å². The Balaban J connectivity index is 1.33. The average Bonchev–Trinajstić information content (AvgIpc) is 3.53. The number of nitrogens with one attached hydrogen (secondary N) is 1. The first-order valence-corrected chi connectivity index (χ1v) is 15.2. The van der Waals surface area contributed by atoms with Crippen LogP contribution in [0.3, 0.4) is 0 Å². The molecule has 0 saturated carbocycles. The number of aromatic hydroxyl groups is 1. The lowest BCUT2D eigenvalue weighted by Gasteiger charge is -2.36. The molecule has 218 valence electrons. The predicted molar refractivity (Wildman–Crippen MR) is 157 cm³/mol. The fourth-order valence-electron chi connectivity index (χ4n) is 7.67. The smallest absolute Gasteiger partial charge is 0.319 e. The SMILES string of the molecule is Oc1cc(-c2nc3c4c(nc(OCC56CCCN5CCC6)nc4c2F)N2CCNC[C@H]2CC3)c2c(F)c(Cl)ccc2c1. The summed E-state index contributed by atoms with van der Waals surface area (Å²) in [7, 11) is 0. The summed E-state index contributed by atoms with van der Waals surface area (Å²) >= 11 is 6.15. The van der Waals surface area contributed by atoms with Gasteiger partial charge in [-0.25, -0.2) is 13.8 Å². The van der Waals surface area contributed by atoms with E-state index in [1.807, 2.05) is 0 Å². The predicted octanol–water partition coefficient (Wildman–Crippen LogP) is 5.21. The summed E-state index contributed by atoms with van der Waals surface area (Å²) in [6, 6.07) is 6.08. The Kier molecular flexibility index (Phi) is 6.17. The number of fused-ring (bicyclic) bond motifs is 4. The van der Waals surface area contributed by atoms with E-state index in [0.717, 1.165) is 64.8 Å². The quantitative estimate of drug-likeness (QED) is 0.334. The Morgan fingerprint density at radius 3 is 2.71 bits per heavy atom. The van der Waals surface area contributed by atoms with Crippen LogP contribution in [-0.4, -0.2) is 75.9 Å². The third kappa shape index (κ3) is 4.02. The minimum atomic E-state index is -0.705. The maximum Gasteiger partial charge on any atom is 0.319 e. The van der Waals surface area contributed by atoms with Gasteiger partial charge in [-0.1, -0.05) is 17.7 Å². The molecule has 42 heavy (non-hydrogen) atoms. The summed E-state index contributed by atoms with van der Waals surface area (Å²) in [5.74, 6) is -0.888. The number of rotatable bonds is 4. The fraction of sp³-hybridized carbons (Fsp3) is 0.452. The van der Waals surface area contributed by atoms with Crippen LogP contribution >= 0.6 is 11.6 Å². The van der Waals surface area contributed by atoms with Crippen LogP contribution in [0, 0.1) is 11.6 Å². The van der Waals surface area contributed by atoms with Gasteiger partial charge in [0.05, 0.1) is 21.6 Å². The maximum absolute atomic E-state index is 16.8. The molecule has 3 saturated heterocycles. The third-order valence-corrected chi connectivity index (χ3v) is 9.98. The lowest BCUT2D eigenvalue weighted by molar-refractivity contribution is 0.108. The van der Waals surface area contributed by atoms with Crippen LogP contribution in [0.1, 0.15) is 37.8 Å². The molecule has 1 atom stereocenters. The molecule has 6 heterocycles. The fourth-order valence-corrected chi connectivity index (χ4v) is 7.82. The molecule has 3 fully saturated rings. The summed E-state index contributed by atoms with van der Waals surface area (Å²) in [6.07, 6.45) is 5.77. The zero-order valence-electron chi connectivity index (χ0n) is 23.1.